The molecule has 1 rings (SSSR count). The Balaban J connectivity index is 2.43. The minimum absolute atomic E-state index is 0.528. The summed E-state index contributed by atoms with van der Waals surface area (Å²) in [4.78, 5) is 0. The van der Waals surface area contributed by atoms with E-state index in [1.165, 1.54) is 5.57 Å². The van der Waals surface area contributed by atoms with Gasteiger partial charge in [0.15, 0.2) is 0 Å². The monoisotopic (exact) mass is 155 g/mol. The molecule has 0 aliphatic carbocycles. The van der Waals surface area contributed by atoms with Gasteiger partial charge in [-0.15, -0.1) is 0 Å². The maximum atomic E-state index is 4.04. The van der Waals surface area contributed by atoms with Crippen LogP contribution in [0.1, 0.15) is 13.8 Å². The quantitative estimate of drug-likeness (QED) is 0.476. The Morgan fingerprint density at radius 3 is 2.80 bits per heavy atom. The van der Waals surface area contributed by atoms with Gasteiger partial charge in [0.2, 0.25) is 0 Å². The molecule has 1 aliphatic heterocycles. The van der Waals surface area contributed by atoms with Gasteiger partial charge < -0.3 is 5.32 Å². The Kier molecular flexibility index (Phi) is 2.50. The van der Waals surface area contributed by atoms with Gasteiger partial charge in [0.05, 0.1) is 5.78 Å². The van der Waals surface area contributed by atoms with E-state index in [9.17, 15) is 0 Å². The van der Waals surface area contributed by atoms with Crippen LogP contribution in [0.15, 0.2) is 24.2 Å². The van der Waals surface area contributed by atoms with Crippen LogP contribution in [0.5, 0.6) is 0 Å². The fourth-order valence-electron chi connectivity index (χ4n) is 0.884. The number of rotatable bonds is 2. The van der Waals surface area contributed by atoms with E-state index in [-0.39, 0.29) is 0 Å². The van der Waals surface area contributed by atoms with Crippen LogP contribution in [0.4, 0.5) is 0 Å². The predicted molar refractivity (Wildman–Crippen MR) is 48.4 cm³/mol. The second kappa shape index (κ2) is 3.21. The Bertz CT molecular complexity index is 153. The Morgan fingerprint density at radius 1 is 1.70 bits per heavy atom. The molecular weight excluding hydrogens is 141 g/mol. The van der Waals surface area contributed by atoms with Crippen molar-refractivity contribution in [1.82, 2.24) is 5.32 Å². The molecule has 0 aromatic heterocycles. The standard InChI is InChI=1S/C8H14NP/c1-6(2)7(3)8-9-4-5-10-8/h4-6,8-10H,3H2,1-2H3. The van der Waals surface area contributed by atoms with Gasteiger partial charge in [0.25, 0.3) is 0 Å². The van der Waals surface area contributed by atoms with Crippen molar-refractivity contribution in [2.45, 2.75) is 19.6 Å². The zero-order valence-corrected chi connectivity index (χ0v) is 7.52. The van der Waals surface area contributed by atoms with Crippen molar-refractivity contribution in [3.05, 3.63) is 24.2 Å². The molecule has 1 heterocycles. The molecule has 0 aromatic rings. The molecule has 0 saturated carbocycles. The van der Waals surface area contributed by atoms with Crippen molar-refractivity contribution in [3.63, 3.8) is 0 Å². The van der Waals surface area contributed by atoms with Crippen molar-refractivity contribution in [3.8, 4) is 0 Å². The minimum Gasteiger partial charge on any atom is -0.381 e. The topological polar surface area (TPSA) is 12.0 Å². The van der Waals surface area contributed by atoms with Gasteiger partial charge in [-0.05, 0) is 23.5 Å². The average molecular weight is 155 g/mol. The minimum atomic E-state index is 0.528. The molecule has 56 valence electrons. The molecule has 10 heavy (non-hydrogen) atoms. The first-order valence-electron chi connectivity index (χ1n) is 3.57. The van der Waals surface area contributed by atoms with Crippen LogP contribution in [-0.2, 0) is 0 Å². The van der Waals surface area contributed by atoms with Gasteiger partial charge in [-0.1, -0.05) is 29.0 Å². The van der Waals surface area contributed by atoms with E-state index < -0.39 is 0 Å². The van der Waals surface area contributed by atoms with E-state index in [2.05, 4.69) is 31.6 Å². The summed E-state index contributed by atoms with van der Waals surface area (Å²) >= 11 is 0. The second-order valence-electron chi connectivity index (χ2n) is 2.83. The Labute approximate surface area is 64.4 Å². The van der Waals surface area contributed by atoms with Crippen LogP contribution in [0.25, 0.3) is 0 Å². The highest BCUT2D eigenvalue weighted by molar-refractivity contribution is 7.43. The lowest BCUT2D eigenvalue weighted by molar-refractivity contribution is 0.702. The van der Waals surface area contributed by atoms with Gasteiger partial charge in [0.1, 0.15) is 0 Å². The SMILES string of the molecule is C=C(C(C)C)C1NC=CP1. The molecule has 0 fully saturated rings. The summed E-state index contributed by atoms with van der Waals surface area (Å²) in [5.74, 6) is 3.31. The van der Waals surface area contributed by atoms with Crippen molar-refractivity contribution >= 4 is 8.58 Å². The lowest BCUT2D eigenvalue weighted by atomic mass is 10.1. The van der Waals surface area contributed by atoms with Crippen molar-refractivity contribution < 1.29 is 0 Å². The molecule has 0 spiro atoms. The van der Waals surface area contributed by atoms with E-state index in [0.717, 1.165) is 8.58 Å². The summed E-state index contributed by atoms with van der Waals surface area (Å²) in [5, 5.41) is 3.27. The Morgan fingerprint density at radius 2 is 2.40 bits per heavy atom. The van der Waals surface area contributed by atoms with E-state index in [4.69, 9.17) is 0 Å². The maximum Gasteiger partial charge on any atom is 0.0672 e. The van der Waals surface area contributed by atoms with Crippen molar-refractivity contribution in [2.75, 3.05) is 0 Å². The molecule has 2 heteroatoms. The molecule has 2 atom stereocenters. The van der Waals surface area contributed by atoms with Crippen LogP contribution in [0.2, 0.25) is 0 Å². The molecule has 0 bridgehead atoms. The van der Waals surface area contributed by atoms with Crippen LogP contribution >= 0.6 is 8.58 Å². The molecule has 2 unspecified atom stereocenters. The molecule has 0 saturated heterocycles. The van der Waals surface area contributed by atoms with Crippen molar-refractivity contribution in [1.29, 1.82) is 0 Å². The molecular formula is C8H14NP. The zero-order valence-electron chi connectivity index (χ0n) is 6.52. The fraction of sp³-hybridized carbons (Fsp3) is 0.500. The lowest BCUT2D eigenvalue weighted by Gasteiger charge is -2.17. The summed E-state index contributed by atoms with van der Waals surface area (Å²) in [5.41, 5.74) is 1.32. The molecule has 1 nitrogen and oxygen atoms in total. The summed E-state index contributed by atoms with van der Waals surface area (Å²) in [6.45, 7) is 8.42. The van der Waals surface area contributed by atoms with E-state index in [1.807, 2.05) is 6.20 Å². The number of hydrogen-bond donors (Lipinski definition) is 1. The lowest BCUT2D eigenvalue weighted by Crippen LogP contribution is -2.19. The van der Waals surface area contributed by atoms with Crippen LogP contribution in [0.3, 0.4) is 0 Å². The van der Waals surface area contributed by atoms with Gasteiger partial charge in [-0.2, -0.15) is 0 Å². The third-order valence-corrected chi connectivity index (χ3v) is 2.95. The number of hydrogen-bond acceptors (Lipinski definition) is 1. The number of nitrogens with one attached hydrogen (secondary N) is 1. The molecule has 0 radical (unpaired) electrons. The smallest absolute Gasteiger partial charge is 0.0672 e. The second-order valence-corrected chi connectivity index (χ2v) is 4.07. The fourth-order valence-corrected chi connectivity index (χ4v) is 2.01. The molecule has 1 N–H and O–H groups in total. The van der Waals surface area contributed by atoms with Gasteiger partial charge >= 0.3 is 0 Å². The Hall–Kier alpha value is -0.290. The summed E-state index contributed by atoms with van der Waals surface area (Å²) in [7, 11) is 0.882. The largest absolute Gasteiger partial charge is 0.381 e. The highest BCUT2D eigenvalue weighted by Gasteiger charge is 2.14. The highest BCUT2D eigenvalue weighted by atomic mass is 31.1. The predicted octanol–water partition coefficient (Wildman–Crippen LogP) is 2.28. The normalized spacial score (nSPS) is 25.7. The molecule has 0 aromatic carbocycles. The van der Waals surface area contributed by atoms with Crippen LogP contribution < -0.4 is 5.32 Å². The molecule has 1 aliphatic rings. The van der Waals surface area contributed by atoms with E-state index >= 15 is 0 Å². The van der Waals surface area contributed by atoms with Gasteiger partial charge in [-0.3, -0.25) is 0 Å². The third kappa shape index (κ3) is 1.60. The maximum absolute atomic E-state index is 4.04. The average Bonchev–Trinajstić information content (AvgIpc) is 2.36. The third-order valence-electron chi connectivity index (χ3n) is 1.72. The first kappa shape index (κ1) is 7.81. The summed E-state index contributed by atoms with van der Waals surface area (Å²) < 4.78 is 0. The van der Waals surface area contributed by atoms with E-state index in [0.29, 0.717) is 11.7 Å². The highest BCUT2D eigenvalue weighted by Crippen LogP contribution is 2.31. The van der Waals surface area contributed by atoms with E-state index in [1.54, 1.807) is 0 Å². The first-order valence-corrected chi connectivity index (χ1v) is 4.73. The van der Waals surface area contributed by atoms with Gasteiger partial charge in [-0.25, -0.2) is 0 Å². The van der Waals surface area contributed by atoms with Crippen LogP contribution in [-0.4, -0.2) is 5.78 Å². The first-order chi connectivity index (χ1) is 4.72. The zero-order chi connectivity index (χ0) is 7.56. The van der Waals surface area contributed by atoms with Crippen LogP contribution in [0, 0.1) is 5.92 Å². The molecule has 0 amide bonds. The van der Waals surface area contributed by atoms with Gasteiger partial charge in [0, 0.05) is 0 Å². The van der Waals surface area contributed by atoms with Crippen molar-refractivity contribution in [2.24, 2.45) is 5.92 Å². The summed E-state index contributed by atoms with van der Waals surface area (Å²) in [6.07, 6.45) is 2.02. The summed E-state index contributed by atoms with van der Waals surface area (Å²) in [6, 6.07) is 0.